The zero-order valence-electron chi connectivity index (χ0n) is 12.7. The van der Waals surface area contributed by atoms with E-state index in [-0.39, 0.29) is 25.6 Å². The second kappa shape index (κ2) is 15.2. The van der Waals surface area contributed by atoms with Gasteiger partial charge in [0, 0.05) is 19.5 Å². The van der Waals surface area contributed by atoms with Crippen LogP contribution in [0.1, 0.15) is 40.5 Å². The molecule has 0 bridgehead atoms. The molecule has 0 aliphatic rings. The first kappa shape index (κ1) is 30.5. The molecule has 0 heterocycles. The predicted octanol–water partition coefficient (Wildman–Crippen LogP) is 0.813. The minimum Gasteiger partial charge on any atom is -0.393 e. The van der Waals surface area contributed by atoms with Crippen molar-refractivity contribution >= 4 is 37.1 Å². The molecule has 0 aromatic heterocycles. The molecule has 0 amide bonds. The Balaban J connectivity index is -0.000000112. The first-order valence-corrected chi connectivity index (χ1v) is 11.1. The van der Waals surface area contributed by atoms with Crippen LogP contribution in [0, 0.1) is 11.8 Å². The molecule has 0 aromatic rings. The second-order valence-electron chi connectivity index (χ2n) is 4.85. The molecular weight excluding hydrogens is 412 g/mol. The normalized spacial score (nSPS) is 13.9. The zero-order chi connectivity index (χ0) is 17.1. The minimum absolute atomic E-state index is 0. The van der Waals surface area contributed by atoms with Gasteiger partial charge >= 0.3 is 13.4 Å². The molecule has 0 saturated carbocycles. The Labute approximate surface area is 149 Å². The zero-order valence-corrected chi connectivity index (χ0v) is 19.1. The summed E-state index contributed by atoms with van der Waals surface area (Å²) in [7, 11) is 0. The Kier molecular flexibility index (Phi) is 22.1. The molecule has 0 spiro atoms. The van der Waals surface area contributed by atoms with E-state index in [1.54, 1.807) is 0 Å². The second-order valence-corrected chi connectivity index (χ2v) is 9.84. The topological polar surface area (TPSA) is 142 Å². The Morgan fingerprint density at radius 3 is 1.14 bits per heavy atom. The fourth-order valence-electron chi connectivity index (χ4n) is 1.48. The Hall–Kier alpha value is 1.64. The van der Waals surface area contributed by atoms with Crippen molar-refractivity contribution in [3.63, 3.8) is 0 Å². The molecule has 0 aromatic carbocycles. The van der Waals surface area contributed by atoms with Crippen molar-refractivity contribution in [2.45, 2.75) is 46.6 Å². The van der Waals surface area contributed by atoms with Crippen molar-refractivity contribution < 1.29 is 53.9 Å². The van der Waals surface area contributed by atoms with Crippen molar-refractivity contribution in [1.29, 1.82) is 0 Å². The number of rotatable bonds is 4. The Morgan fingerprint density at radius 2 is 1.00 bits per heavy atom. The monoisotopic (exact) mass is 436 g/mol. The van der Waals surface area contributed by atoms with Crippen LogP contribution in [-0.4, -0.2) is 40.6 Å². The molecule has 7 nitrogen and oxygen atoms in total. The van der Waals surface area contributed by atoms with Gasteiger partial charge in [0.2, 0.25) is 0 Å². The van der Waals surface area contributed by atoms with E-state index in [0.717, 1.165) is 12.3 Å². The number of hydrogen-bond donors (Lipinski definition) is 7. The van der Waals surface area contributed by atoms with Crippen molar-refractivity contribution in [2.75, 3.05) is 0 Å². The summed E-state index contributed by atoms with van der Waals surface area (Å²) >= 11 is 7.21. The van der Waals surface area contributed by atoms with E-state index in [0.29, 0.717) is 5.92 Å². The third-order valence-corrected chi connectivity index (χ3v) is 1.62. The molecule has 12 heteroatoms. The largest absolute Gasteiger partial charge is 0.393 e. The molecular formula is C9H26O7P2S2Zn. The number of hydrogen-bond acceptors (Lipinski definition) is 3. The van der Waals surface area contributed by atoms with Gasteiger partial charge in [0.05, 0.1) is 6.10 Å². The molecule has 21 heavy (non-hydrogen) atoms. The summed E-state index contributed by atoms with van der Waals surface area (Å²) in [4.78, 5) is 45.3. The predicted molar refractivity (Wildman–Crippen MR) is 86.8 cm³/mol. The van der Waals surface area contributed by atoms with Gasteiger partial charge in [0.15, 0.2) is 0 Å². The SMILES string of the molecule is CC(C)CC(C)CC(C)O.OP(O)(O)=S.OP(O)(O)=S.[Zn]. The smallest absolute Gasteiger partial charge is 0.319 e. The summed E-state index contributed by atoms with van der Waals surface area (Å²) in [5.74, 6) is 1.42. The maximum atomic E-state index is 9.04. The maximum Gasteiger partial charge on any atom is 0.319 e. The standard InChI is InChI=1S/C9H20O.2H3O3PS.Zn/c1-7(2)5-8(3)6-9(4)10;2*1-4(2,3)5;/h7-10H,5-6H2,1-4H3;2*(H3,1,2,3,5);. The summed E-state index contributed by atoms with van der Waals surface area (Å²) in [6.45, 7) is 0.890. The van der Waals surface area contributed by atoms with Crippen LogP contribution < -0.4 is 0 Å². The van der Waals surface area contributed by atoms with Crippen molar-refractivity contribution in [2.24, 2.45) is 11.8 Å². The van der Waals surface area contributed by atoms with E-state index in [2.05, 4.69) is 44.4 Å². The molecule has 0 rings (SSSR count). The van der Waals surface area contributed by atoms with Gasteiger partial charge < -0.3 is 34.5 Å². The number of aliphatic hydroxyl groups excluding tert-OH is 1. The van der Waals surface area contributed by atoms with Gasteiger partial charge in [-0.05, 0) is 55.2 Å². The fraction of sp³-hybridized carbons (Fsp3) is 1.00. The van der Waals surface area contributed by atoms with E-state index >= 15 is 0 Å². The molecule has 0 saturated heterocycles. The van der Waals surface area contributed by atoms with E-state index in [1.807, 2.05) is 6.92 Å². The van der Waals surface area contributed by atoms with Crippen molar-refractivity contribution in [1.82, 2.24) is 0 Å². The molecule has 128 valence electrons. The summed E-state index contributed by atoms with van der Waals surface area (Å²) < 4.78 is 0. The van der Waals surface area contributed by atoms with Crippen LogP contribution >= 0.6 is 13.4 Å². The molecule has 7 N–H and O–H groups in total. The third-order valence-electron chi connectivity index (χ3n) is 1.62. The van der Waals surface area contributed by atoms with E-state index in [4.69, 9.17) is 34.5 Å². The first-order chi connectivity index (χ1) is 8.52. The molecule has 2 unspecified atom stereocenters. The molecule has 0 fully saturated rings. The van der Waals surface area contributed by atoms with Gasteiger partial charge in [-0.15, -0.1) is 0 Å². The van der Waals surface area contributed by atoms with Gasteiger partial charge in [0.25, 0.3) is 0 Å². The summed E-state index contributed by atoms with van der Waals surface area (Å²) in [5, 5.41) is 9.04. The van der Waals surface area contributed by atoms with Gasteiger partial charge in [-0.3, -0.25) is 0 Å². The molecule has 0 aliphatic carbocycles. The van der Waals surface area contributed by atoms with Crippen LogP contribution in [0.25, 0.3) is 0 Å². The van der Waals surface area contributed by atoms with Crippen LogP contribution in [0.5, 0.6) is 0 Å². The maximum absolute atomic E-state index is 9.04. The quantitative estimate of drug-likeness (QED) is 0.251. The molecule has 2 atom stereocenters. The average molecular weight is 438 g/mol. The average Bonchev–Trinajstić information content (AvgIpc) is 1.91. The summed E-state index contributed by atoms with van der Waals surface area (Å²) in [5.41, 5.74) is 0. The van der Waals surface area contributed by atoms with E-state index < -0.39 is 13.4 Å². The van der Waals surface area contributed by atoms with Crippen LogP contribution in [-0.2, 0) is 43.1 Å². The van der Waals surface area contributed by atoms with Crippen LogP contribution in [0.4, 0.5) is 0 Å². The third kappa shape index (κ3) is 89.8. The molecule has 0 radical (unpaired) electrons. The van der Waals surface area contributed by atoms with Gasteiger partial charge in [-0.25, -0.2) is 0 Å². The number of aliphatic hydroxyl groups is 1. The fourth-order valence-corrected chi connectivity index (χ4v) is 1.48. The van der Waals surface area contributed by atoms with Crippen molar-refractivity contribution in [3.8, 4) is 0 Å². The van der Waals surface area contributed by atoms with E-state index in [1.165, 1.54) is 6.42 Å². The van der Waals surface area contributed by atoms with Gasteiger partial charge in [-0.2, -0.15) is 0 Å². The summed E-state index contributed by atoms with van der Waals surface area (Å²) in [6.07, 6.45) is 2.04. The first-order valence-electron chi connectivity index (χ1n) is 5.77. The van der Waals surface area contributed by atoms with Gasteiger partial charge in [-0.1, -0.05) is 20.8 Å². The Morgan fingerprint density at radius 1 is 0.762 bits per heavy atom. The van der Waals surface area contributed by atoms with Crippen LogP contribution in [0.2, 0.25) is 0 Å². The van der Waals surface area contributed by atoms with E-state index in [9.17, 15) is 0 Å². The molecule has 0 aliphatic heterocycles. The summed E-state index contributed by atoms with van der Waals surface area (Å²) in [6, 6.07) is 0. The van der Waals surface area contributed by atoms with Gasteiger partial charge in [0.1, 0.15) is 0 Å². The minimum atomic E-state index is -3.81. The van der Waals surface area contributed by atoms with Crippen LogP contribution in [0.3, 0.4) is 0 Å². The van der Waals surface area contributed by atoms with Crippen LogP contribution in [0.15, 0.2) is 0 Å². The Bertz CT molecular complexity index is 273. The van der Waals surface area contributed by atoms with Crippen molar-refractivity contribution in [3.05, 3.63) is 0 Å².